The molecular weight excluding hydrogens is 591 g/mol. The van der Waals surface area contributed by atoms with Crippen molar-refractivity contribution >= 4 is 70.5 Å². The highest BCUT2D eigenvalue weighted by molar-refractivity contribution is 7.09. The van der Waals surface area contributed by atoms with E-state index in [2.05, 4.69) is 10.3 Å². The molecule has 2 bridgehead atoms. The number of ether oxygens (including phenoxy) is 3. The van der Waals surface area contributed by atoms with Gasteiger partial charge < -0.3 is 19.5 Å². The summed E-state index contributed by atoms with van der Waals surface area (Å²) in [6, 6.07) is -0.686. The fraction of sp³-hybridized carbons (Fsp3) is 0.577. The van der Waals surface area contributed by atoms with Crippen LogP contribution in [0.3, 0.4) is 0 Å². The Morgan fingerprint density at radius 2 is 1.87 bits per heavy atom. The Hall–Kier alpha value is -2.14. The number of allylic oxidation sites excluding steroid dienone is 2. The van der Waals surface area contributed by atoms with Crippen LogP contribution < -0.4 is 5.32 Å². The largest absolute Gasteiger partial charge is 0.462 e. The van der Waals surface area contributed by atoms with Gasteiger partial charge in [-0.3, -0.25) is 9.59 Å². The molecule has 0 saturated heterocycles. The van der Waals surface area contributed by atoms with E-state index in [1.165, 1.54) is 37.3 Å². The van der Waals surface area contributed by atoms with Gasteiger partial charge in [0.1, 0.15) is 6.10 Å². The molecule has 4 atom stereocenters. The number of alkyl halides is 3. The minimum Gasteiger partial charge on any atom is -0.462 e. The number of aromatic nitrogens is 1. The van der Waals surface area contributed by atoms with E-state index >= 15 is 0 Å². The third kappa shape index (κ3) is 11.1. The fourth-order valence-electron chi connectivity index (χ4n) is 3.68. The number of thiazole rings is 1. The van der Waals surface area contributed by atoms with E-state index in [1.54, 1.807) is 13.0 Å². The summed E-state index contributed by atoms with van der Waals surface area (Å²) in [5, 5.41) is 5.11. The fourth-order valence-corrected chi connectivity index (χ4v) is 4.75. The molecule has 1 amide bonds. The zero-order chi connectivity index (χ0) is 29.4. The van der Waals surface area contributed by atoms with Crippen molar-refractivity contribution in [1.29, 1.82) is 0 Å². The van der Waals surface area contributed by atoms with Crippen molar-refractivity contribution in [3.05, 3.63) is 39.9 Å². The van der Waals surface area contributed by atoms with Gasteiger partial charge in [0.2, 0.25) is 3.79 Å². The molecule has 0 aromatic carbocycles. The number of fused-ring (bicyclic) bond motifs is 2. The van der Waals surface area contributed by atoms with Crippen molar-refractivity contribution in [3.8, 4) is 0 Å². The second-order valence-corrected chi connectivity index (χ2v) is 13.2. The summed E-state index contributed by atoms with van der Waals surface area (Å²) in [6.45, 7) is 8.36. The first kappa shape index (κ1) is 33.1. The van der Waals surface area contributed by atoms with Gasteiger partial charge in [-0.15, -0.1) is 11.3 Å². The third-order valence-electron chi connectivity index (χ3n) is 5.83. The number of nitrogens with one attached hydrogen (secondary N) is 1. The number of rotatable bonds is 3. The van der Waals surface area contributed by atoms with Gasteiger partial charge in [-0.2, -0.15) is 0 Å². The van der Waals surface area contributed by atoms with Crippen LogP contribution in [0.2, 0.25) is 0 Å². The first-order valence-electron chi connectivity index (χ1n) is 12.3. The second kappa shape index (κ2) is 14.5. The van der Waals surface area contributed by atoms with Crippen LogP contribution in [0.4, 0.5) is 4.79 Å². The number of amides is 1. The van der Waals surface area contributed by atoms with Crippen molar-refractivity contribution in [2.75, 3.05) is 0 Å². The van der Waals surface area contributed by atoms with Gasteiger partial charge in [0.25, 0.3) is 0 Å². The standard InChI is InChI=1S/C26H33Cl3N2O7S/c1-15-7-6-8-22(33)37-19(13-32)12-21-31-20(14-39-21)16(2)10-18(11-23(34)36-17(3)9-15)30-24(35)38-25(4,5)26(27,28)29/h6-8,13-14,16-19H,9-12H2,1-5H3,(H,30,35)/b8-6-,15-7?/t16-,17-,18+,19+/m1/s1. The maximum atomic E-state index is 12.8. The molecule has 216 valence electrons. The molecule has 0 saturated carbocycles. The van der Waals surface area contributed by atoms with Crippen molar-refractivity contribution in [2.24, 2.45) is 0 Å². The molecule has 1 N–H and O–H groups in total. The summed E-state index contributed by atoms with van der Waals surface area (Å²) in [4.78, 5) is 53.7. The molecule has 9 nitrogen and oxygen atoms in total. The molecule has 2 heterocycles. The lowest BCUT2D eigenvalue weighted by Crippen LogP contribution is -2.47. The van der Waals surface area contributed by atoms with E-state index in [0.29, 0.717) is 29.8 Å². The van der Waals surface area contributed by atoms with Gasteiger partial charge >= 0.3 is 18.0 Å². The van der Waals surface area contributed by atoms with Crippen LogP contribution in [0.15, 0.2) is 29.2 Å². The average Bonchev–Trinajstić information content (AvgIpc) is 3.25. The highest BCUT2D eigenvalue weighted by Crippen LogP contribution is 2.40. The number of carbonyl (C=O) groups excluding carboxylic acids is 4. The normalized spacial score (nSPS) is 25.1. The molecule has 0 radical (unpaired) electrons. The predicted molar refractivity (Wildman–Crippen MR) is 150 cm³/mol. The molecular formula is C26H33Cl3N2O7S. The number of carbonyl (C=O) groups is 4. The molecule has 39 heavy (non-hydrogen) atoms. The minimum atomic E-state index is -1.88. The Morgan fingerprint density at radius 1 is 1.18 bits per heavy atom. The number of esters is 2. The lowest BCUT2D eigenvalue weighted by atomic mass is 9.97. The van der Waals surface area contributed by atoms with Gasteiger partial charge in [-0.05, 0) is 34.1 Å². The van der Waals surface area contributed by atoms with Crippen LogP contribution in [-0.2, 0) is 35.0 Å². The van der Waals surface area contributed by atoms with E-state index in [4.69, 9.17) is 49.0 Å². The summed E-state index contributed by atoms with van der Waals surface area (Å²) < 4.78 is 14.3. The molecule has 1 aliphatic rings. The zero-order valence-corrected chi connectivity index (χ0v) is 25.5. The highest BCUT2D eigenvalue weighted by atomic mass is 35.6. The lowest BCUT2D eigenvalue weighted by Gasteiger charge is -2.32. The molecule has 1 aliphatic heterocycles. The van der Waals surface area contributed by atoms with Crippen LogP contribution in [0.25, 0.3) is 0 Å². The lowest BCUT2D eigenvalue weighted by molar-refractivity contribution is -0.148. The number of alkyl carbamates (subject to hydrolysis) is 1. The van der Waals surface area contributed by atoms with Crippen molar-refractivity contribution in [2.45, 2.75) is 93.9 Å². The van der Waals surface area contributed by atoms with Gasteiger partial charge in [-0.25, -0.2) is 14.6 Å². The van der Waals surface area contributed by atoms with E-state index in [-0.39, 0.29) is 18.8 Å². The zero-order valence-electron chi connectivity index (χ0n) is 22.4. The van der Waals surface area contributed by atoms with Crippen LogP contribution >= 0.6 is 46.1 Å². The van der Waals surface area contributed by atoms with E-state index in [1.807, 2.05) is 19.2 Å². The van der Waals surface area contributed by atoms with Gasteiger partial charge in [0.15, 0.2) is 18.0 Å². The Labute approximate surface area is 247 Å². The van der Waals surface area contributed by atoms with Crippen LogP contribution in [0.1, 0.15) is 70.5 Å². The number of aldehydes is 1. The molecule has 0 spiro atoms. The van der Waals surface area contributed by atoms with Gasteiger partial charge in [0.05, 0.1) is 17.1 Å². The van der Waals surface area contributed by atoms with Crippen molar-refractivity contribution < 1.29 is 33.4 Å². The first-order valence-corrected chi connectivity index (χ1v) is 14.3. The predicted octanol–water partition coefficient (Wildman–Crippen LogP) is 5.76. The molecule has 2 rings (SSSR count). The number of hydrogen-bond donors (Lipinski definition) is 1. The number of nitrogens with zero attached hydrogens (tertiary/aromatic N) is 1. The molecule has 0 unspecified atom stereocenters. The van der Waals surface area contributed by atoms with E-state index < -0.39 is 45.7 Å². The van der Waals surface area contributed by atoms with E-state index in [9.17, 15) is 19.2 Å². The molecule has 1 aromatic rings. The summed E-state index contributed by atoms with van der Waals surface area (Å²) in [5.74, 6) is -1.38. The van der Waals surface area contributed by atoms with Crippen LogP contribution in [-0.4, -0.2) is 56.9 Å². The molecule has 0 aliphatic carbocycles. The highest BCUT2D eigenvalue weighted by Gasteiger charge is 2.44. The Morgan fingerprint density at radius 3 is 2.51 bits per heavy atom. The van der Waals surface area contributed by atoms with Gasteiger partial charge in [0, 0.05) is 36.3 Å². The summed E-state index contributed by atoms with van der Waals surface area (Å²) in [6.07, 6.45) is 3.39. The Balaban J connectivity index is 2.30. The maximum Gasteiger partial charge on any atom is 0.408 e. The molecule has 0 fully saturated rings. The Kier molecular flexibility index (Phi) is 12.3. The topological polar surface area (TPSA) is 121 Å². The van der Waals surface area contributed by atoms with Crippen molar-refractivity contribution in [1.82, 2.24) is 10.3 Å². The minimum absolute atomic E-state index is 0.124. The Bertz CT molecular complexity index is 1100. The third-order valence-corrected chi connectivity index (χ3v) is 8.08. The molecule has 1 aromatic heterocycles. The quantitative estimate of drug-likeness (QED) is 0.195. The number of halogens is 3. The van der Waals surface area contributed by atoms with Crippen LogP contribution in [0, 0.1) is 0 Å². The summed E-state index contributed by atoms with van der Waals surface area (Å²) in [5.41, 5.74) is 0.0873. The monoisotopic (exact) mass is 622 g/mol. The second-order valence-electron chi connectivity index (χ2n) is 9.94. The number of cyclic esters (lactones) is 2. The first-order chi connectivity index (χ1) is 18.1. The van der Waals surface area contributed by atoms with Crippen LogP contribution in [0.5, 0.6) is 0 Å². The summed E-state index contributed by atoms with van der Waals surface area (Å²) in [7, 11) is 0. The van der Waals surface area contributed by atoms with Crippen molar-refractivity contribution in [3.63, 3.8) is 0 Å². The molecule has 13 heteroatoms. The average molecular weight is 624 g/mol. The van der Waals surface area contributed by atoms with E-state index in [0.717, 1.165) is 5.57 Å². The number of hydrogen-bond acceptors (Lipinski definition) is 9. The summed E-state index contributed by atoms with van der Waals surface area (Å²) >= 11 is 19.1. The SMILES string of the molecule is CC1=C/C=C\C(=O)O[C@H](C=O)Cc2nc(cs2)[C@H](C)C[C@H](NC(=O)OC(C)(C)C(Cl)(Cl)Cl)CC(=O)O[C@H](C)C1. The smallest absolute Gasteiger partial charge is 0.408 e. The maximum absolute atomic E-state index is 12.8. The van der Waals surface area contributed by atoms with Gasteiger partial charge in [-0.1, -0.05) is 59.5 Å².